The first-order valence-corrected chi connectivity index (χ1v) is 9.88. The van der Waals surface area contributed by atoms with Crippen LogP contribution in [0.25, 0.3) is 11.0 Å². The van der Waals surface area contributed by atoms with Gasteiger partial charge in [0.1, 0.15) is 5.03 Å². The van der Waals surface area contributed by atoms with E-state index in [9.17, 15) is 18.0 Å². The van der Waals surface area contributed by atoms with Crippen molar-refractivity contribution in [3.8, 4) is 0 Å². The number of rotatable bonds is 8. The first-order chi connectivity index (χ1) is 13.3. The van der Waals surface area contributed by atoms with E-state index in [1.165, 1.54) is 23.1 Å². The van der Waals surface area contributed by atoms with Gasteiger partial charge in [0, 0.05) is 24.7 Å². The summed E-state index contributed by atoms with van der Waals surface area (Å²) in [6.07, 6.45) is -3.16. The largest absolute Gasteiger partial charge is 0.451 e. The number of alkyl halides is 3. The van der Waals surface area contributed by atoms with Crippen molar-refractivity contribution in [2.75, 3.05) is 19.5 Å². The summed E-state index contributed by atoms with van der Waals surface area (Å²) in [6, 6.07) is 3.42. The van der Waals surface area contributed by atoms with Crippen molar-refractivity contribution >= 4 is 39.9 Å². The lowest BCUT2D eigenvalue weighted by Crippen LogP contribution is -2.12. The molecule has 0 saturated heterocycles. The van der Waals surface area contributed by atoms with E-state index in [4.69, 9.17) is 10.5 Å². The molecule has 0 amide bonds. The Morgan fingerprint density at radius 2 is 2.14 bits per heavy atom. The quantitative estimate of drug-likeness (QED) is 0.333. The van der Waals surface area contributed by atoms with Gasteiger partial charge in [-0.05, 0) is 12.1 Å². The van der Waals surface area contributed by atoms with Crippen LogP contribution in [0.4, 0.5) is 13.2 Å². The maximum absolute atomic E-state index is 13.1. The molecule has 7 nitrogen and oxygen atoms in total. The average Bonchev–Trinajstić information content (AvgIpc) is 3.29. The van der Waals surface area contributed by atoms with Crippen LogP contribution in [0, 0.1) is 0 Å². The van der Waals surface area contributed by atoms with Gasteiger partial charge in [0.25, 0.3) is 0 Å². The summed E-state index contributed by atoms with van der Waals surface area (Å²) in [4.78, 5) is 20.9. The third kappa shape index (κ3) is 4.69. The van der Waals surface area contributed by atoms with E-state index >= 15 is 0 Å². The molecular weight excluding hydrogens is 415 g/mol. The number of methoxy groups -OCH3 is 1. The van der Waals surface area contributed by atoms with Crippen molar-refractivity contribution in [3.05, 3.63) is 33.9 Å². The van der Waals surface area contributed by atoms with Gasteiger partial charge in [-0.15, -0.1) is 11.3 Å². The lowest BCUT2D eigenvalue weighted by Gasteiger charge is -2.07. The predicted molar refractivity (Wildman–Crippen MR) is 99.5 cm³/mol. The van der Waals surface area contributed by atoms with Crippen molar-refractivity contribution in [1.82, 2.24) is 19.7 Å². The Morgan fingerprint density at radius 1 is 1.36 bits per heavy atom. The van der Waals surface area contributed by atoms with Crippen molar-refractivity contribution in [3.63, 3.8) is 0 Å². The molecule has 28 heavy (non-hydrogen) atoms. The number of nitrogens with two attached hydrogens (primary N) is 1. The number of thiophene rings is 1. The van der Waals surface area contributed by atoms with Crippen LogP contribution in [0.2, 0.25) is 0 Å². The lowest BCUT2D eigenvalue weighted by atomic mass is 10.3. The van der Waals surface area contributed by atoms with Gasteiger partial charge in [-0.1, -0.05) is 11.8 Å². The molecule has 150 valence electrons. The predicted octanol–water partition coefficient (Wildman–Crippen LogP) is 2.99. The number of nitrogens with zero attached hydrogens (tertiary/aromatic N) is 4. The van der Waals surface area contributed by atoms with Crippen LogP contribution in [-0.4, -0.2) is 45.0 Å². The first-order valence-electron chi connectivity index (χ1n) is 8.08. The van der Waals surface area contributed by atoms with Crippen LogP contribution in [-0.2, 0) is 24.0 Å². The third-order valence-electron chi connectivity index (χ3n) is 3.65. The minimum atomic E-state index is -4.71. The van der Waals surface area contributed by atoms with Gasteiger partial charge >= 0.3 is 6.18 Å². The summed E-state index contributed by atoms with van der Waals surface area (Å²) in [7, 11) is 1.51. The monoisotopic (exact) mass is 431 g/mol. The maximum atomic E-state index is 13.1. The number of aromatic nitrogens is 4. The summed E-state index contributed by atoms with van der Waals surface area (Å²) < 4.78 is 45.8. The number of carbonyl (C=O) groups is 1. The molecule has 0 aliphatic rings. The SMILES string of the molecule is COCCn1cc2c(SCC(=O)c3ccc(CN)s3)nc(C(F)(F)F)nc2n1. The molecule has 0 spiro atoms. The number of carbonyl (C=O) groups excluding carboxylic acids is 1. The van der Waals surface area contributed by atoms with E-state index in [1.54, 1.807) is 18.3 Å². The molecule has 0 aromatic carbocycles. The van der Waals surface area contributed by atoms with Gasteiger partial charge in [-0.2, -0.15) is 18.3 Å². The smallest absolute Gasteiger partial charge is 0.383 e. The fraction of sp³-hybridized carbons (Fsp3) is 0.375. The Labute approximate surface area is 166 Å². The van der Waals surface area contributed by atoms with Crippen molar-refractivity contribution in [2.45, 2.75) is 24.3 Å². The van der Waals surface area contributed by atoms with E-state index in [1.807, 2.05) is 0 Å². The van der Waals surface area contributed by atoms with Gasteiger partial charge in [0.05, 0.1) is 29.2 Å². The van der Waals surface area contributed by atoms with Gasteiger partial charge in [0.15, 0.2) is 11.4 Å². The molecule has 0 aliphatic heterocycles. The number of fused-ring (bicyclic) bond motifs is 1. The molecule has 3 heterocycles. The minimum Gasteiger partial charge on any atom is -0.383 e. The summed E-state index contributed by atoms with van der Waals surface area (Å²) >= 11 is 2.20. The van der Waals surface area contributed by atoms with Crippen LogP contribution in [0.15, 0.2) is 23.4 Å². The van der Waals surface area contributed by atoms with Crippen LogP contribution in [0.3, 0.4) is 0 Å². The summed E-state index contributed by atoms with van der Waals surface area (Å²) in [5, 5.41) is 4.48. The molecule has 0 radical (unpaired) electrons. The van der Waals surface area contributed by atoms with Crippen LogP contribution >= 0.6 is 23.1 Å². The summed E-state index contributed by atoms with van der Waals surface area (Å²) in [5.41, 5.74) is 5.46. The molecule has 0 bridgehead atoms. The topological polar surface area (TPSA) is 95.9 Å². The third-order valence-corrected chi connectivity index (χ3v) is 5.79. The molecule has 0 atom stereocenters. The molecule has 0 saturated carbocycles. The molecule has 3 aromatic rings. The number of ether oxygens (including phenoxy) is 1. The second kappa shape index (κ2) is 8.55. The molecular formula is C16H16F3N5O2S2. The van der Waals surface area contributed by atoms with E-state index in [0.717, 1.165) is 16.6 Å². The minimum absolute atomic E-state index is 0.0583. The first kappa shape index (κ1) is 20.7. The number of ketones is 1. The maximum Gasteiger partial charge on any atom is 0.451 e. The van der Waals surface area contributed by atoms with Gasteiger partial charge in [0.2, 0.25) is 5.82 Å². The van der Waals surface area contributed by atoms with E-state index < -0.39 is 12.0 Å². The van der Waals surface area contributed by atoms with Crippen molar-refractivity contribution in [2.24, 2.45) is 5.73 Å². The highest BCUT2D eigenvalue weighted by molar-refractivity contribution is 8.00. The Kier molecular flexibility index (Phi) is 6.33. The zero-order valence-electron chi connectivity index (χ0n) is 14.7. The highest BCUT2D eigenvalue weighted by Crippen LogP contribution is 2.32. The van der Waals surface area contributed by atoms with Crippen LogP contribution < -0.4 is 5.73 Å². The highest BCUT2D eigenvalue weighted by Gasteiger charge is 2.36. The second-order valence-corrected chi connectivity index (χ2v) is 7.79. The fourth-order valence-corrected chi connectivity index (χ4v) is 4.09. The van der Waals surface area contributed by atoms with Crippen LogP contribution in [0.5, 0.6) is 0 Å². The molecule has 0 fully saturated rings. The summed E-state index contributed by atoms with van der Waals surface area (Å²) in [5.74, 6) is -1.55. The number of Topliss-reactive ketones (excluding diaryl/α,β-unsaturated/α-hetero) is 1. The molecule has 3 rings (SSSR count). The van der Waals surface area contributed by atoms with E-state index in [2.05, 4.69) is 15.1 Å². The molecule has 3 aromatic heterocycles. The number of halogens is 3. The van der Waals surface area contributed by atoms with Gasteiger partial charge in [-0.25, -0.2) is 9.97 Å². The van der Waals surface area contributed by atoms with Gasteiger partial charge in [-0.3, -0.25) is 9.48 Å². The Hall–Kier alpha value is -2.02. The summed E-state index contributed by atoms with van der Waals surface area (Å²) in [6.45, 7) is 1.03. The van der Waals surface area contributed by atoms with Gasteiger partial charge < -0.3 is 10.5 Å². The number of hydrogen-bond acceptors (Lipinski definition) is 8. The zero-order valence-corrected chi connectivity index (χ0v) is 16.3. The molecule has 0 unspecified atom stereocenters. The Bertz CT molecular complexity index is 986. The van der Waals surface area contributed by atoms with E-state index in [0.29, 0.717) is 30.0 Å². The fourth-order valence-electron chi connectivity index (χ4n) is 2.31. The number of thioether (sulfide) groups is 1. The zero-order chi connectivity index (χ0) is 20.3. The lowest BCUT2D eigenvalue weighted by molar-refractivity contribution is -0.145. The number of hydrogen-bond donors (Lipinski definition) is 1. The molecule has 12 heteroatoms. The molecule has 2 N–H and O–H groups in total. The van der Waals surface area contributed by atoms with Crippen LogP contribution in [0.1, 0.15) is 20.4 Å². The standard InChI is InChI=1S/C16H16F3N5O2S2/c1-26-5-4-24-7-10-13(23-24)21-15(16(17,18)19)22-14(10)27-8-11(25)12-3-2-9(6-20)28-12/h2-3,7H,4-6,8,20H2,1H3. The normalized spacial score (nSPS) is 12.0. The second-order valence-electron chi connectivity index (χ2n) is 5.65. The Balaban J connectivity index is 1.88. The average molecular weight is 431 g/mol. The van der Waals surface area contributed by atoms with Crippen molar-refractivity contribution in [1.29, 1.82) is 0 Å². The Morgan fingerprint density at radius 3 is 2.79 bits per heavy atom. The highest BCUT2D eigenvalue weighted by atomic mass is 32.2. The van der Waals surface area contributed by atoms with E-state index in [-0.39, 0.29) is 22.2 Å². The van der Waals surface area contributed by atoms with Crippen molar-refractivity contribution < 1.29 is 22.7 Å². The molecule has 0 aliphatic carbocycles.